The summed E-state index contributed by atoms with van der Waals surface area (Å²) in [7, 11) is 0. The quantitative estimate of drug-likeness (QED) is 0.647. The van der Waals surface area contributed by atoms with E-state index in [4.69, 9.17) is 5.11 Å². The average Bonchev–Trinajstić information content (AvgIpc) is 2.65. The number of unbranched alkanes of at least 4 members (excludes halogenated alkanes) is 2. The van der Waals surface area contributed by atoms with Gasteiger partial charge in [0, 0.05) is 12.0 Å². The fraction of sp³-hybridized carbons (Fsp3) is 0.556. The van der Waals surface area contributed by atoms with Gasteiger partial charge < -0.3 is 5.11 Å². The van der Waals surface area contributed by atoms with Crippen LogP contribution in [0.5, 0.6) is 0 Å². The number of carboxylic acid groups (broad SMARTS) is 1. The molecule has 0 atom stereocenters. The fourth-order valence-electron chi connectivity index (χ4n) is 1.09. The van der Waals surface area contributed by atoms with E-state index < -0.39 is 5.97 Å². The largest absolute Gasteiger partial charge is 0.481 e. The Hall–Kier alpha value is -1.12. The monoisotopic (exact) mass is 168 g/mol. The lowest BCUT2D eigenvalue weighted by atomic mass is 10.1. The Morgan fingerprint density at radius 1 is 1.33 bits per heavy atom. The van der Waals surface area contributed by atoms with E-state index in [2.05, 4.69) is 0 Å². The number of carbonyl (C=O) groups is 1. The smallest absolute Gasteiger partial charge is 0.303 e. The first-order valence-electron chi connectivity index (χ1n) is 4.17. The summed E-state index contributed by atoms with van der Waals surface area (Å²) in [4.78, 5) is 20.6. The minimum atomic E-state index is -0.739. The molecule has 0 aromatic heterocycles. The summed E-state index contributed by atoms with van der Waals surface area (Å²) < 4.78 is 0. The molecule has 1 rings (SSSR count). The minimum Gasteiger partial charge on any atom is -0.481 e. The molecule has 1 aromatic carbocycles. The van der Waals surface area contributed by atoms with Crippen molar-refractivity contribution in [3.05, 3.63) is 21.9 Å². The topological polar surface area (TPSA) is 54.4 Å². The molecule has 0 bridgehead atoms. The van der Waals surface area contributed by atoms with Crippen LogP contribution in [-0.4, -0.2) is 11.1 Å². The van der Waals surface area contributed by atoms with Crippen LogP contribution in [0.25, 0.3) is 0 Å². The van der Waals surface area contributed by atoms with Crippen LogP contribution in [-0.2, 0) is 11.2 Å². The summed E-state index contributed by atoms with van der Waals surface area (Å²) in [5.74, 6) is -0.739. The SMILES string of the molecule is O=C(O)CCCCCc1cc1=O. The van der Waals surface area contributed by atoms with Crippen LogP contribution in [0.15, 0.2) is 10.9 Å². The molecule has 66 valence electrons. The Kier molecular flexibility index (Phi) is 3.02. The number of hydrogen-bond acceptors (Lipinski definition) is 2. The lowest BCUT2D eigenvalue weighted by Crippen LogP contribution is -1.94. The molecule has 12 heavy (non-hydrogen) atoms. The fourth-order valence-corrected chi connectivity index (χ4v) is 1.09. The number of rotatable bonds is 6. The van der Waals surface area contributed by atoms with Gasteiger partial charge in [-0.2, -0.15) is 0 Å². The van der Waals surface area contributed by atoms with Gasteiger partial charge in [0.1, 0.15) is 0 Å². The van der Waals surface area contributed by atoms with Crippen molar-refractivity contribution in [1.82, 2.24) is 0 Å². The summed E-state index contributed by atoms with van der Waals surface area (Å²) in [6.45, 7) is 0. The highest BCUT2D eigenvalue weighted by molar-refractivity contribution is 5.66. The molecule has 0 aliphatic rings. The van der Waals surface area contributed by atoms with Crippen LogP contribution in [0.4, 0.5) is 0 Å². The highest BCUT2D eigenvalue weighted by Crippen LogP contribution is 2.06. The third kappa shape index (κ3) is 3.32. The lowest BCUT2D eigenvalue weighted by molar-refractivity contribution is -0.137. The van der Waals surface area contributed by atoms with Gasteiger partial charge in [0.15, 0.2) is 5.43 Å². The normalized spacial score (nSPS) is 10.7. The van der Waals surface area contributed by atoms with E-state index in [0.29, 0.717) is 0 Å². The zero-order chi connectivity index (χ0) is 8.97. The third-order valence-corrected chi connectivity index (χ3v) is 1.88. The molecule has 0 amide bonds. The molecule has 3 nitrogen and oxygen atoms in total. The second-order valence-corrected chi connectivity index (χ2v) is 2.99. The highest BCUT2D eigenvalue weighted by atomic mass is 16.4. The molecule has 0 saturated carbocycles. The zero-order valence-electron chi connectivity index (χ0n) is 6.88. The van der Waals surface area contributed by atoms with Crippen molar-refractivity contribution < 1.29 is 9.90 Å². The molecule has 0 unspecified atom stereocenters. The van der Waals surface area contributed by atoms with Crippen molar-refractivity contribution in [1.29, 1.82) is 0 Å². The van der Waals surface area contributed by atoms with Crippen LogP contribution in [0.2, 0.25) is 0 Å². The molecule has 0 radical (unpaired) electrons. The molecular formula is C9H12O3. The molecule has 1 aromatic rings. The highest BCUT2D eigenvalue weighted by Gasteiger charge is 2.06. The number of aryl methyl sites for hydroxylation is 1. The number of carboxylic acids is 1. The Morgan fingerprint density at radius 2 is 2.00 bits per heavy atom. The zero-order valence-corrected chi connectivity index (χ0v) is 6.88. The predicted molar refractivity (Wildman–Crippen MR) is 44.9 cm³/mol. The summed E-state index contributed by atoms with van der Waals surface area (Å²) in [6, 6.07) is 1.64. The van der Waals surface area contributed by atoms with Gasteiger partial charge in [-0.1, -0.05) is 6.42 Å². The van der Waals surface area contributed by atoms with Crippen molar-refractivity contribution in [2.75, 3.05) is 0 Å². The van der Waals surface area contributed by atoms with Gasteiger partial charge in [-0.25, -0.2) is 0 Å². The van der Waals surface area contributed by atoms with Gasteiger partial charge in [-0.15, -0.1) is 0 Å². The van der Waals surface area contributed by atoms with E-state index in [1.54, 1.807) is 6.07 Å². The Labute approximate surface area is 70.7 Å². The van der Waals surface area contributed by atoms with Crippen molar-refractivity contribution in [3.63, 3.8) is 0 Å². The van der Waals surface area contributed by atoms with Crippen LogP contribution in [0.3, 0.4) is 0 Å². The molecule has 0 heterocycles. The molecule has 0 saturated heterocycles. The Morgan fingerprint density at radius 3 is 2.50 bits per heavy atom. The standard InChI is InChI=1S/C9H12O3/c10-8-6-7(8)4-2-1-3-5-9(11)12/h6H,1-5H2,(H,11,12). The summed E-state index contributed by atoms with van der Waals surface area (Å²) in [6.07, 6.45) is 3.63. The Balaban J connectivity index is 1.90. The van der Waals surface area contributed by atoms with Gasteiger partial charge in [-0.3, -0.25) is 9.59 Å². The van der Waals surface area contributed by atoms with Gasteiger partial charge in [0.2, 0.25) is 0 Å². The third-order valence-electron chi connectivity index (χ3n) is 1.88. The second-order valence-electron chi connectivity index (χ2n) is 2.99. The molecule has 3 heteroatoms. The second kappa shape index (κ2) is 4.04. The lowest BCUT2D eigenvalue weighted by Gasteiger charge is -1.94. The average molecular weight is 168 g/mol. The van der Waals surface area contributed by atoms with Gasteiger partial charge >= 0.3 is 5.97 Å². The first-order valence-corrected chi connectivity index (χ1v) is 4.17. The summed E-state index contributed by atoms with van der Waals surface area (Å²) in [5.41, 5.74) is 1.10. The molecule has 0 spiro atoms. The van der Waals surface area contributed by atoms with Gasteiger partial charge in [0.05, 0.1) is 0 Å². The van der Waals surface area contributed by atoms with Gasteiger partial charge in [0.25, 0.3) is 0 Å². The van der Waals surface area contributed by atoms with Crippen LogP contribution in [0.1, 0.15) is 31.2 Å². The molecule has 0 aliphatic heterocycles. The van der Waals surface area contributed by atoms with E-state index in [0.717, 1.165) is 31.2 Å². The van der Waals surface area contributed by atoms with Crippen LogP contribution >= 0.6 is 0 Å². The maximum atomic E-state index is 10.5. The minimum absolute atomic E-state index is 0.174. The van der Waals surface area contributed by atoms with Gasteiger partial charge in [-0.05, 0) is 25.3 Å². The molecule has 1 N–H and O–H groups in total. The van der Waals surface area contributed by atoms with Crippen LogP contribution < -0.4 is 5.43 Å². The van der Waals surface area contributed by atoms with Crippen LogP contribution in [0, 0.1) is 0 Å². The maximum Gasteiger partial charge on any atom is 0.303 e. The maximum absolute atomic E-state index is 10.5. The van der Waals surface area contributed by atoms with Crippen molar-refractivity contribution in [2.24, 2.45) is 0 Å². The molecular weight excluding hydrogens is 156 g/mol. The number of aliphatic carboxylic acids is 1. The Bertz CT molecular complexity index is 268. The predicted octanol–water partition coefficient (Wildman–Crippen LogP) is 1.11. The summed E-state index contributed by atoms with van der Waals surface area (Å²) >= 11 is 0. The number of hydrogen-bond donors (Lipinski definition) is 1. The van der Waals surface area contributed by atoms with E-state index in [9.17, 15) is 9.59 Å². The van der Waals surface area contributed by atoms with E-state index in [1.165, 1.54) is 0 Å². The van der Waals surface area contributed by atoms with E-state index >= 15 is 0 Å². The molecule has 0 fully saturated rings. The first kappa shape index (κ1) is 8.97. The van der Waals surface area contributed by atoms with Crippen molar-refractivity contribution in [3.8, 4) is 0 Å². The molecule has 0 aliphatic carbocycles. The van der Waals surface area contributed by atoms with Crippen molar-refractivity contribution in [2.45, 2.75) is 32.1 Å². The first-order chi connectivity index (χ1) is 5.70. The van der Waals surface area contributed by atoms with E-state index in [1.807, 2.05) is 0 Å². The van der Waals surface area contributed by atoms with Crippen molar-refractivity contribution >= 4 is 5.97 Å². The summed E-state index contributed by atoms with van der Waals surface area (Å²) in [5, 5.41) is 8.31. The van der Waals surface area contributed by atoms with E-state index in [-0.39, 0.29) is 11.8 Å².